The van der Waals surface area contributed by atoms with Gasteiger partial charge in [-0.15, -0.1) is 6.42 Å². The van der Waals surface area contributed by atoms with E-state index >= 15 is 0 Å². The molecule has 0 bridgehead atoms. The maximum Gasteiger partial charge on any atom is 0.125 e. The number of hydrogen-bond donors (Lipinski definition) is 1. The van der Waals surface area contributed by atoms with Crippen LogP contribution in [0.2, 0.25) is 0 Å². The Kier molecular flexibility index (Phi) is 6.47. The number of hydrogen-bond acceptors (Lipinski definition) is 4. The first kappa shape index (κ1) is 17.8. The number of ether oxygens (including phenoxy) is 1. The van der Waals surface area contributed by atoms with Crippen LogP contribution in [0.5, 0.6) is 5.75 Å². The summed E-state index contributed by atoms with van der Waals surface area (Å²) in [7, 11) is 0. The van der Waals surface area contributed by atoms with Crippen molar-refractivity contribution in [2.45, 2.75) is 26.9 Å². The normalized spacial score (nSPS) is 17.7. The molecule has 0 amide bonds. The molecule has 1 aliphatic heterocycles. The zero-order valence-corrected chi connectivity index (χ0v) is 14.5. The van der Waals surface area contributed by atoms with Crippen molar-refractivity contribution < 1.29 is 9.84 Å². The zero-order valence-electron chi connectivity index (χ0n) is 14.5. The van der Waals surface area contributed by atoms with Crippen LogP contribution in [-0.2, 0) is 0 Å². The Morgan fingerprint density at radius 1 is 1.13 bits per heavy atom. The molecule has 1 aromatic carbocycles. The van der Waals surface area contributed by atoms with Gasteiger partial charge in [-0.2, -0.15) is 0 Å². The molecule has 23 heavy (non-hydrogen) atoms. The third-order valence-corrected chi connectivity index (χ3v) is 4.54. The summed E-state index contributed by atoms with van der Waals surface area (Å²) in [6.07, 6.45) is 4.86. The van der Waals surface area contributed by atoms with Crippen molar-refractivity contribution in [3.8, 4) is 18.1 Å². The molecule has 1 aliphatic rings. The topological polar surface area (TPSA) is 35.9 Å². The minimum absolute atomic E-state index is 0.329. The second-order valence-corrected chi connectivity index (χ2v) is 6.40. The zero-order chi connectivity index (χ0) is 16.8. The van der Waals surface area contributed by atoms with Crippen molar-refractivity contribution in [2.24, 2.45) is 0 Å². The van der Waals surface area contributed by atoms with Crippen LogP contribution in [0.1, 0.15) is 16.7 Å². The van der Waals surface area contributed by atoms with Gasteiger partial charge in [0, 0.05) is 32.7 Å². The van der Waals surface area contributed by atoms with E-state index in [4.69, 9.17) is 11.2 Å². The van der Waals surface area contributed by atoms with Crippen LogP contribution >= 0.6 is 0 Å². The van der Waals surface area contributed by atoms with E-state index in [1.54, 1.807) is 0 Å². The second-order valence-electron chi connectivity index (χ2n) is 6.40. The minimum atomic E-state index is -0.478. The molecule has 1 N–H and O–H groups in total. The van der Waals surface area contributed by atoms with Gasteiger partial charge in [0.1, 0.15) is 18.5 Å². The molecule has 0 saturated carbocycles. The fourth-order valence-electron chi connectivity index (χ4n) is 2.94. The number of aryl methyl sites for hydroxylation is 2. The number of benzene rings is 1. The van der Waals surface area contributed by atoms with Crippen LogP contribution in [0.3, 0.4) is 0 Å². The Morgan fingerprint density at radius 2 is 1.74 bits per heavy atom. The van der Waals surface area contributed by atoms with Crippen LogP contribution < -0.4 is 4.74 Å². The van der Waals surface area contributed by atoms with Gasteiger partial charge in [0.15, 0.2) is 0 Å². The van der Waals surface area contributed by atoms with E-state index < -0.39 is 6.10 Å². The lowest BCUT2D eigenvalue weighted by Gasteiger charge is -2.34. The molecule has 1 atom stereocenters. The lowest BCUT2D eigenvalue weighted by atomic mass is 10.1. The Morgan fingerprint density at radius 3 is 2.39 bits per heavy atom. The molecule has 0 aliphatic carbocycles. The predicted octanol–water partition coefficient (Wildman–Crippen LogP) is 1.60. The number of piperazine rings is 1. The summed E-state index contributed by atoms with van der Waals surface area (Å²) < 4.78 is 5.90. The molecule has 1 heterocycles. The molecular formula is C19H28N2O2. The quantitative estimate of drug-likeness (QED) is 0.809. The van der Waals surface area contributed by atoms with Crippen molar-refractivity contribution in [1.29, 1.82) is 0 Å². The van der Waals surface area contributed by atoms with Crippen LogP contribution in [0.15, 0.2) is 12.1 Å². The highest BCUT2D eigenvalue weighted by atomic mass is 16.5. The van der Waals surface area contributed by atoms with Crippen LogP contribution in [0.25, 0.3) is 0 Å². The van der Waals surface area contributed by atoms with Crippen LogP contribution in [0, 0.1) is 33.1 Å². The first-order valence-corrected chi connectivity index (χ1v) is 8.27. The summed E-state index contributed by atoms with van der Waals surface area (Å²) in [4.78, 5) is 4.54. The third kappa shape index (κ3) is 4.97. The largest absolute Gasteiger partial charge is 0.490 e. The average molecular weight is 316 g/mol. The van der Waals surface area contributed by atoms with E-state index in [1.807, 2.05) is 6.92 Å². The summed E-state index contributed by atoms with van der Waals surface area (Å²) in [6, 6.07) is 4.17. The van der Waals surface area contributed by atoms with E-state index in [2.05, 4.69) is 41.7 Å². The fourth-order valence-corrected chi connectivity index (χ4v) is 2.94. The number of aliphatic hydroxyl groups is 1. The lowest BCUT2D eigenvalue weighted by Crippen LogP contribution is -2.49. The summed E-state index contributed by atoms with van der Waals surface area (Å²) in [5.74, 6) is 3.59. The van der Waals surface area contributed by atoms with E-state index in [1.165, 1.54) is 5.56 Å². The smallest absolute Gasteiger partial charge is 0.125 e. The van der Waals surface area contributed by atoms with Crippen molar-refractivity contribution in [1.82, 2.24) is 9.80 Å². The van der Waals surface area contributed by atoms with Gasteiger partial charge in [0.25, 0.3) is 0 Å². The van der Waals surface area contributed by atoms with Gasteiger partial charge >= 0.3 is 0 Å². The highest BCUT2D eigenvalue weighted by Gasteiger charge is 2.19. The number of nitrogens with zero attached hydrogens (tertiary/aromatic N) is 2. The Bertz CT molecular complexity index is 557. The Labute approximate surface area is 140 Å². The fraction of sp³-hybridized carbons (Fsp3) is 0.579. The van der Waals surface area contributed by atoms with Crippen LogP contribution in [0.4, 0.5) is 0 Å². The Balaban J connectivity index is 1.79. The first-order chi connectivity index (χ1) is 11.0. The van der Waals surface area contributed by atoms with Gasteiger partial charge in [-0.25, -0.2) is 0 Å². The first-order valence-electron chi connectivity index (χ1n) is 8.27. The van der Waals surface area contributed by atoms with E-state index in [0.717, 1.165) is 43.1 Å². The molecule has 1 unspecified atom stereocenters. The molecule has 0 spiro atoms. The molecule has 4 heteroatoms. The van der Waals surface area contributed by atoms with Gasteiger partial charge in [0.2, 0.25) is 0 Å². The van der Waals surface area contributed by atoms with Gasteiger partial charge in [-0.05, 0) is 37.5 Å². The molecule has 1 aromatic rings. The monoisotopic (exact) mass is 316 g/mol. The highest BCUT2D eigenvalue weighted by Crippen LogP contribution is 2.25. The minimum Gasteiger partial charge on any atom is -0.490 e. The Hall–Kier alpha value is -1.54. The maximum absolute atomic E-state index is 10.3. The van der Waals surface area contributed by atoms with Gasteiger partial charge in [-0.3, -0.25) is 9.80 Å². The summed E-state index contributed by atoms with van der Waals surface area (Å²) >= 11 is 0. The number of β-amino-alcohol motifs (C(OH)–C–C–N with tert-alkyl or cyclic N) is 1. The van der Waals surface area contributed by atoms with E-state index in [0.29, 0.717) is 19.7 Å². The van der Waals surface area contributed by atoms with Crippen molar-refractivity contribution in [3.05, 3.63) is 28.8 Å². The number of aliphatic hydroxyl groups excluding tert-OH is 1. The summed E-state index contributed by atoms with van der Waals surface area (Å²) in [6.45, 7) is 11.7. The highest BCUT2D eigenvalue weighted by molar-refractivity contribution is 5.44. The second kappa shape index (κ2) is 8.35. The van der Waals surface area contributed by atoms with Crippen molar-refractivity contribution >= 4 is 0 Å². The molecule has 2 rings (SSSR count). The van der Waals surface area contributed by atoms with Gasteiger partial charge in [0.05, 0.1) is 6.54 Å². The molecule has 126 valence electrons. The third-order valence-electron chi connectivity index (χ3n) is 4.54. The number of terminal acetylenes is 1. The molecule has 0 radical (unpaired) electrons. The van der Waals surface area contributed by atoms with Gasteiger partial charge in [-0.1, -0.05) is 18.1 Å². The van der Waals surface area contributed by atoms with Crippen LogP contribution in [-0.4, -0.2) is 66.9 Å². The molecular weight excluding hydrogens is 288 g/mol. The molecule has 1 fully saturated rings. The summed E-state index contributed by atoms with van der Waals surface area (Å²) in [5, 5.41) is 10.3. The molecule has 0 aromatic heterocycles. The standard InChI is InChI=1S/C19H28N2O2/c1-5-8-20-9-11-21(12-10-20)13-18(22)14-23-19-16(3)7-6-15(2)17(19)4/h1,6-7,18,22H,8-14H2,2-4H3. The van der Waals surface area contributed by atoms with E-state index in [-0.39, 0.29) is 0 Å². The van der Waals surface area contributed by atoms with Crippen molar-refractivity contribution in [3.63, 3.8) is 0 Å². The van der Waals surface area contributed by atoms with Gasteiger partial charge < -0.3 is 9.84 Å². The van der Waals surface area contributed by atoms with E-state index in [9.17, 15) is 5.11 Å². The van der Waals surface area contributed by atoms with Crippen molar-refractivity contribution in [2.75, 3.05) is 45.9 Å². The summed E-state index contributed by atoms with van der Waals surface area (Å²) in [5.41, 5.74) is 3.48. The predicted molar refractivity (Wildman–Crippen MR) is 93.9 cm³/mol. The average Bonchev–Trinajstić information content (AvgIpc) is 2.53. The maximum atomic E-state index is 10.3. The number of rotatable bonds is 6. The SMILES string of the molecule is C#CCN1CCN(CC(O)COc2c(C)ccc(C)c2C)CC1. The molecule has 4 nitrogen and oxygen atoms in total. The lowest BCUT2D eigenvalue weighted by molar-refractivity contribution is 0.0481. The molecule has 1 saturated heterocycles.